The molecule has 0 radical (unpaired) electrons. The molecule has 1 aromatic carbocycles. The molecule has 5 nitrogen and oxygen atoms in total. The summed E-state index contributed by atoms with van der Waals surface area (Å²) < 4.78 is 13.7. The molecule has 0 aliphatic rings. The van der Waals surface area contributed by atoms with Gasteiger partial charge in [0.2, 0.25) is 5.75 Å². The number of nitrogens with zero attached hydrogens (tertiary/aromatic N) is 1. The monoisotopic (exact) mass is 381 g/mol. The molecule has 0 aromatic heterocycles. The molecule has 8 heteroatoms. The number of Topliss-reactive ketones (excluding diaryl/α,β-unsaturated/α-hetero) is 1. The number of ketones is 1. The number of phenolic OH excluding ortho intramolecular Hbond substituents is 1. The highest BCUT2D eigenvalue weighted by molar-refractivity contribution is 14.2. The summed E-state index contributed by atoms with van der Waals surface area (Å²) in [7, 11) is 1.01. The van der Waals surface area contributed by atoms with Gasteiger partial charge in [0.15, 0.2) is 5.78 Å². The molecule has 0 heterocycles. The van der Waals surface area contributed by atoms with E-state index in [4.69, 9.17) is 0 Å². The van der Waals surface area contributed by atoms with Crippen LogP contribution in [0.3, 0.4) is 0 Å². The summed E-state index contributed by atoms with van der Waals surface area (Å²) >= 11 is 1.82. The van der Waals surface area contributed by atoms with E-state index in [9.17, 15) is 24.4 Å². The minimum atomic E-state index is -1.01. The van der Waals surface area contributed by atoms with Gasteiger partial charge in [-0.05, 0) is 33.1 Å². The number of carbonyl (C=O) groups is 1. The highest BCUT2D eigenvalue weighted by Crippen LogP contribution is 2.35. The van der Waals surface area contributed by atoms with E-state index in [1.807, 2.05) is 21.2 Å². The number of benzene rings is 1. The number of hydrogen-bond acceptors (Lipinski definition) is 5. The molecule has 1 rings (SSSR count). The maximum absolute atomic E-state index is 13.7. The number of rotatable bonds is 2. The summed E-state index contributed by atoms with van der Waals surface area (Å²) in [5.41, 5.74) is -1.86. The topological polar surface area (TPSA) is 80.4 Å². The molecular weight excluding hydrogens is 376 g/mol. The van der Waals surface area contributed by atoms with Crippen molar-refractivity contribution in [3.8, 4) is 16.9 Å². The van der Waals surface area contributed by atoms with Crippen molar-refractivity contribution in [2.75, 3.05) is 0 Å². The van der Waals surface area contributed by atoms with Gasteiger partial charge in [-0.3, -0.25) is 14.9 Å². The zero-order valence-corrected chi connectivity index (χ0v) is 11.8. The molecule has 0 saturated heterocycles. The van der Waals surface area contributed by atoms with Gasteiger partial charge in [-0.25, -0.2) is 4.39 Å². The summed E-state index contributed by atoms with van der Waals surface area (Å²) in [6.07, 6.45) is 0. The van der Waals surface area contributed by atoms with E-state index < -0.39 is 39.1 Å². The number of aromatic hydroxyl groups is 1. The molecule has 0 aliphatic carbocycles. The summed E-state index contributed by atoms with van der Waals surface area (Å²) in [6.45, 7) is 1.07. The van der Waals surface area contributed by atoms with Gasteiger partial charge in [0.05, 0.1) is 10.5 Å². The Labute approximate surface area is 117 Å². The van der Waals surface area contributed by atoms with Gasteiger partial charge < -0.3 is 5.11 Å². The van der Waals surface area contributed by atoms with Gasteiger partial charge in [0.1, 0.15) is 11.4 Å². The molecule has 1 aromatic rings. The van der Waals surface area contributed by atoms with E-state index in [-0.39, 0.29) is 0 Å². The second-order valence-corrected chi connectivity index (χ2v) is 4.78. The third-order valence-corrected chi connectivity index (χ3v) is 2.84. The third-order valence-electron chi connectivity index (χ3n) is 2.00. The average Bonchev–Trinajstić information content (AvgIpc) is 2.28. The van der Waals surface area contributed by atoms with Gasteiger partial charge in [0.25, 0.3) is 0 Å². The van der Waals surface area contributed by atoms with Crippen LogP contribution >= 0.6 is 30.1 Å². The number of halogens is 2. The molecule has 1 N–H and O–H groups in total. The van der Waals surface area contributed by atoms with Crippen LogP contribution in [0.5, 0.6) is 5.75 Å². The van der Waals surface area contributed by atoms with Crippen molar-refractivity contribution < 1.29 is 19.2 Å². The first kappa shape index (κ1) is 14.7. The van der Waals surface area contributed by atoms with Crippen LogP contribution in [-0.4, -0.2) is 15.8 Å². The van der Waals surface area contributed by atoms with Crippen LogP contribution in [0.2, 0.25) is 0 Å². The lowest BCUT2D eigenvalue weighted by atomic mass is 10.0. The fourth-order valence-electron chi connectivity index (χ4n) is 1.26. The highest BCUT2D eigenvalue weighted by Gasteiger charge is 2.27. The first-order valence-corrected chi connectivity index (χ1v) is 7.75. The lowest BCUT2D eigenvalue weighted by Gasteiger charge is -2.04. The fraction of sp³-hybridized carbons (Fsp3) is 0.100. The molecule has 0 aliphatic heterocycles. The lowest BCUT2D eigenvalue weighted by Crippen LogP contribution is -2.02. The molecule has 0 bridgehead atoms. The third kappa shape index (κ3) is 2.91. The van der Waals surface area contributed by atoms with Gasteiger partial charge in [0, 0.05) is 21.2 Å². The van der Waals surface area contributed by atoms with Gasteiger partial charge in [-0.2, -0.15) is 0 Å². The van der Waals surface area contributed by atoms with Crippen LogP contribution in [0.1, 0.15) is 22.8 Å². The first-order valence-electron chi connectivity index (χ1n) is 4.39. The molecule has 0 fully saturated rings. The van der Waals surface area contributed by atoms with Crippen LogP contribution < -0.4 is 0 Å². The van der Waals surface area contributed by atoms with E-state index in [2.05, 4.69) is 11.2 Å². The Morgan fingerprint density at radius 1 is 1.67 bits per heavy atom. The predicted octanol–water partition coefficient (Wildman–Crippen LogP) is 3.03. The number of carbonyl (C=O) groups excluding carboxylic acids is 1. The van der Waals surface area contributed by atoms with Crippen LogP contribution in [0, 0.1) is 27.1 Å². The first-order chi connectivity index (χ1) is 8.40. The van der Waals surface area contributed by atoms with Crippen molar-refractivity contribution in [3.63, 3.8) is 0 Å². The number of phenols is 1. The maximum Gasteiger partial charge on any atom is 0.329 e. The summed E-state index contributed by atoms with van der Waals surface area (Å²) in [4.78, 5) is 21.0. The second kappa shape index (κ2) is 6.01. The van der Waals surface area contributed by atoms with Crippen LogP contribution in [0.25, 0.3) is 0 Å². The van der Waals surface area contributed by atoms with Crippen molar-refractivity contribution in [2.24, 2.45) is 0 Å². The van der Waals surface area contributed by atoms with Crippen molar-refractivity contribution in [1.82, 2.24) is 0 Å². The number of nitro groups is 1. The largest absolute Gasteiger partial charge is 0.502 e. The maximum atomic E-state index is 13.7. The van der Waals surface area contributed by atoms with Crippen LogP contribution in [-0.2, 0) is 0 Å². The van der Waals surface area contributed by atoms with Crippen molar-refractivity contribution in [1.29, 1.82) is 0 Å². The fourth-order valence-corrected chi connectivity index (χ4v) is 1.73. The summed E-state index contributed by atoms with van der Waals surface area (Å²) in [5.74, 6) is -0.308. The van der Waals surface area contributed by atoms with Crippen molar-refractivity contribution in [2.45, 2.75) is 6.92 Å². The predicted molar refractivity (Wildman–Crippen MR) is 73.2 cm³/mol. The Kier molecular flexibility index (Phi) is 4.92. The highest BCUT2D eigenvalue weighted by atomic mass is 127. The second-order valence-electron chi connectivity index (χ2n) is 3.10. The van der Waals surface area contributed by atoms with Crippen molar-refractivity contribution in [3.05, 3.63) is 33.1 Å². The zero-order chi connectivity index (χ0) is 13.9. The minimum absolute atomic E-state index is 0.438. The molecule has 0 spiro atoms. The smallest absolute Gasteiger partial charge is 0.329 e. The molecule has 0 atom stereocenters. The van der Waals surface area contributed by atoms with Crippen LogP contribution in [0.4, 0.5) is 10.1 Å². The Morgan fingerprint density at radius 2 is 2.28 bits per heavy atom. The molecular formula is C10H5FINO4S. The quantitative estimate of drug-likeness (QED) is 0.280. The Hall–Kier alpha value is -1.34. The molecule has 0 unspecified atom stereocenters. The van der Waals surface area contributed by atoms with Gasteiger partial charge >= 0.3 is 5.69 Å². The van der Waals surface area contributed by atoms with E-state index in [1.54, 1.807) is 0 Å². The normalized spacial score (nSPS) is 9.50. The van der Waals surface area contributed by atoms with Gasteiger partial charge in [-0.1, -0.05) is 0 Å². The van der Waals surface area contributed by atoms with Gasteiger partial charge in [-0.15, -0.1) is 0 Å². The van der Waals surface area contributed by atoms with E-state index in [0.29, 0.717) is 0 Å². The Bertz CT molecular complexity index is 594. The standard InChI is InChI=1S/C10H5FINO4S/c1-5(14)7-4-8(11)6(2-3-18-12)9(10(7)15)13(16)17/h4,15H,1H3. The van der Waals surface area contributed by atoms with E-state index >= 15 is 0 Å². The zero-order valence-electron chi connectivity index (χ0n) is 8.86. The Morgan fingerprint density at radius 3 is 2.72 bits per heavy atom. The van der Waals surface area contributed by atoms with Crippen LogP contribution in [0.15, 0.2) is 6.07 Å². The SMILES string of the molecule is CC(=O)c1cc(F)c(C#CSI)c([N+](=O)[O-])c1O. The number of hydrogen-bond donors (Lipinski definition) is 1. The summed E-state index contributed by atoms with van der Waals surface area (Å²) in [6, 6.07) is 0.743. The molecule has 94 valence electrons. The molecule has 0 amide bonds. The van der Waals surface area contributed by atoms with Crippen molar-refractivity contribution >= 4 is 41.6 Å². The molecule has 0 saturated carbocycles. The molecule has 18 heavy (non-hydrogen) atoms. The minimum Gasteiger partial charge on any atom is -0.502 e. The Balaban J connectivity index is 3.68. The van der Waals surface area contributed by atoms with E-state index in [1.165, 1.54) is 0 Å². The average molecular weight is 381 g/mol. The number of nitro benzene ring substituents is 1. The summed E-state index contributed by atoms with van der Waals surface area (Å²) in [5, 5.41) is 22.8. The van der Waals surface area contributed by atoms with E-state index in [0.717, 1.165) is 21.9 Å². The lowest BCUT2D eigenvalue weighted by molar-refractivity contribution is -0.386.